The van der Waals surface area contributed by atoms with Gasteiger partial charge in [0.25, 0.3) is 5.94 Å². The summed E-state index contributed by atoms with van der Waals surface area (Å²) in [6.07, 6.45) is 2.05. The van der Waals surface area contributed by atoms with Gasteiger partial charge in [-0.2, -0.15) is 0 Å². The maximum atomic E-state index is 10.1. The molecule has 0 radical (unpaired) electrons. The predicted molar refractivity (Wildman–Crippen MR) is 45.9 cm³/mol. The van der Waals surface area contributed by atoms with Crippen LogP contribution in [0.5, 0.6) is 0 Å². The summed E-state index contributed by atoms with van der Waals surface area (Å²) >= 11 is 0. The van der Waals surface area contributed by atoms with Crippen molar-refractivity contribution in [3.63, 3.8) is 0 Å². The molecule has 0 aliphatic rings. The minimum atomic E-state index is -0.182. The van der Waals surface area contributed by atoms with Crippen LogP contribution in [0.4, 0.5) is 0 Å². The molecule has 5 heteroatoms. The third kappa shape index (κ3) is 25.2. The van der Waals surface area contributed by atoms with E-state index >= 15 is 0 Å². The van der Waals surface area contributed by atoms with Gasteiger partial charge in [0.1, 0.15) is 0 Å². The molecule has 0 rings (SSSR count). The van der Waals surface area contributed by atoms with Gasteiger partial charge >= 0.3 is 11.8 Å². The summed E-state index contributed by atoms with van der Waals surface area (Å²) in [6, 6.07) is 0. The molecule has 0 aliphatic heterocycles. The Balaban J connectivity index is 0. The van der Waals surface area contributed by atoms with E-state index in [0.29, 0.717) is 6.61 Å². The van der Waals surface area contributed by atoms with Gasteiger partial charge in [0, 0.05) is 6.92 Å². The zero-order valence-corrected chi connectivity index (χ0v) is 7.74. The fourth-order valence-corrected chi connectivity index (χ4v) is 0.381. The average molecular weight is 184 g/mol. The zero-order valence-electron chi connectivity index (χ0n) is 7.74. The fourth-order valence-electron chi connectivity index (χ4n) is 0.381. The van der Waals surface area contributed by atoms with Crippen LogP contribution in [0.3, 0.4) is 0 Å². The monoisotopic (exact) mass is 184 g/mol. The van der Waals surface area contributed by atoms with Crippen LogP contribution in [0.2, 0.25) is 0 Å². The van der Waals surface area contributed by atoms with E-state index in [1.807, 2.05) is 0 Å². The first-order valence-electron chi connectivity index (χ1n) is 3.78. The van der Waals surface area contributed by atoms with Gasteiger partial charge in [-0.1, -0.05) is 18.1 Å². The second-order valence-electron chi connectivity index (χ2n) is 2.01. The molecular formula is C8H12N2O3. The maximum Gasteiger partial charge on any atom is 0.397 e. The largest absolute Gasteiger partial charge is 0.466 e. The lowest BCUT2D eigenvalue weighted by Crippen LogP contribution is -1.99. The molecule has 72 valence electrons. The fraction of sp³-hybridized carbons (Fsp3) is 0.625. The van der Waals surface area contributed by atoms with Crippen molar-refractivity contribution in [3.05, 3.63) is 5.53 Å². The van der Waals surface area contributed by atoms with Gasteiger partial charge in [-0.3, -0.25) is 4.79 Å². The van der Waals surface area contributed by atoms with Crippen LogP contribution in [-0.4, -0.2) is 29.2 Å². The molecule has 0 amide bonds. The molecule has 0 aromatic heterocycles. The van der Waals surface area contributed by atoms with Crippen LogP contribution in [0.15, 0.2) is 0 Å². The van der Waals surface area contributed by atoms with E-state index < -0.39 is 0 Å². The Bertz CT molecular complexity index is 222. The molecule has 0 bridgehead atoms. The molecule has 0 saturated heterocycles. The molecule has 0 fully saturated rings. The van der Waals surface area contributed by atoms with E-state index in [2.05, 4.69) is 16.5 Å². The van der Waals surface area contributed by atoms with Gasteiger partial charge in [-0.25, -0.2) is 4.79 Å². The third-order valence-corrected chi connectivity index (χ3v) is 0.899. The maximum absolute atomic E-state index is 10.1. The van der Waals surface area contributed by atoms with Gasteiger partial charge in [0.2, 0.25) is 0 Å². The summed E-state index contributed by atoms with van der Waals surface area (Å²) in [5, 5.41) is 0. The Morgan fingerprint density at radius 1 is 1.62 bits per heavy atom. The summed E-state index contributed by atoms with van der Waals surface area (Å²) < 4.78 is 4.64. The van der Waals surface area contributed by atoms with Crippen LogP contribution >= 0.6 is 0 Å². The molecule has 0 N–H and O–H groups in total. The summed E-state index contributed by atoms with van der Waals surface area (Å²) in [5.41, 5.74) is 7.32. The summed E-state index contributed by atoms with van der Waals surface area (Å²) in [5.74, 6) is 2.40. The highest BCUT2D eigenvalue weighted by Crippen LogP contribution is 1.86. The molecule has 0 atom stereocenters. The smallest absolute Gasteiger partial charge is 0.397 e. The van der Waals surface area contributed by atoms with Crippen molar-refractivity contribution in [3.8, 4) is 0 Å². The minimum absolute atomic E-state index is 0.182. The van der Waals surface area contributed by atoms with Crippen LogP contribution in [-0.2, 0) is 14.3 Å². The molecule has 13 heavy (non-hydrogen) atoms. The van der Waals surface area contributed by atoms with Gasteiger partial charge in [0.05, 0.1) is 6.61 Å². The van der Waals surface area contributed by atoms with Crippen molar-refractivity contribution in [1.82, 2.24) is 0 Å². The van der Waals surface area contributed by atoms with Crippen molar-refractivity contribution in [2.75, 3.05) is 6.61 Å². The molecule has 0 aromatic rings. The normalized spacial score (nSPS) is 6.62. The van der Waals surface area contributed by atoms with E-state index in [4.69, 9.17) is 10.3 Å². The van der Waals surface area contributed by atoms with Crippen molar-refractivity contribution < 1.29 is 19.1 Å². The van der Waals surface area contributed by atoms with E-state index in [1.165, 1.54) is 12.8 Å². The number of carbonyl (C=O) groups excluding carboxylic acids is 2. The topological polar surface area (TPSA) is 79.8 Å². The Morgan fingerprint density at radius 3 is 2.46 bits per heavy atom. The molecule has 0 aliphatic carbocycles. The standard InChI is InChI=1S/C6H12O2.C2N2O/c1-3-4-5-8-6(2)7;3-4-1-2-5/h3-5H2,1-2H3;. The highest BCUT2D eigenvalue weighted by atomic mass is 16.5. The highest BCUT2D eigenvalue weighted by molar-refractivity contribution is 5.81. The Hall–Kier alpha value is -1.66. The number of carbonyl (C=O) groups is 1. The van der Waals surface area contributed by atoms with Gasteiger partial charge in [0.15, 0.2) is 0 Å². The Morgan fingerprint density at radius 2 is 2.23 bits per heavy atom. The van der Waals surface area contributed by atoms with E-state index in [9.17, 15) is 4.79 Å². The zero-order chi connectivity index (χ0) is 10.5. The molecule has 0 spiro atoms. The number of esters is 1. The molecular weight excluding hydrogens is 172 g/mol. The number of hydrogen-bond acceptors (Lipinski definition) is 3. The average Bonchev–Trinajstić information content (AvgIpc) is 2.07. The lowest BCUT2D eigenvalue weighted by atomic mass is 10.4. The SMILES string of the molecule is CCCCOC(C)=O.[N-]=[N+]=C=C=O. The third-order valence-electron chi connectivity index (χ3n) is 0.899. The number of hydrogen-bond donors (Lipinski definition) is 0. The van der Waals surface area contributed by atoms with Gasteiger partial charge in [-0.05, 0) is 6.42 Å². The van der Waals surface area contributed by atoms with Crippen molar-refractivity contribution in [2.45, 2.75) is 26.7 Å². The molecule has 0 unspecified atom stereocenters. The second-order valence-corrected chi connectivity index (χ2v) is 2.01. The van der Waals surface area contributed by atoms with Gasteiger partial charge < -0.3 is 10.3 Å². The van der Waals surface area contributed by atoms with Crippen LogP contribution in [0.1, 0.15) is 26.7 Å². The first-order valence-corrected chi connectivity index (χ1v) is 3.78. The number of ether oxygens (including phenoxy) is 1. The van der Waals surface area contributed by atoms with Crippen LogP contribution < -0.4 is 0 Å². The Kier molecular flexibility index (Phi) is 13.9. The quantitative estimate of drug-likeness (QED) is 0.161. The number of unbranched alkanes of at least 4 members (excludes halogenated alkanes) is 1. The molecule has 0 saturated carbocycles. The summed E-state index contributed by atoms with van der Waals surface area (Å²) in [7, 11) is 0. The first kappa shape index (κ1) is 13.9. The van der Waals surface area contributed by atoms with E-state index in [0.717, 1.165) is 18.8 Å². The molecule has 0 heterocycles. The first-order chi connectivity index (χ1) is 6.18. The minimum Gasteiger partial charge on any atom is -0.466 e. The van der Waals surface area contributed by atoms with Crippen molar-refractivity contribution in [2.24, 2.45) is 0 Å². The lowest BCUT2D eigenvalue weighted by molar-refractivity contribution is -0.141. The van der Waals surface area contributed by atoms with E-state index in [1.54, 1.807) is 0 Å². The Labute approximate surface area is 76.6 Å². The van der Waals surface area contributed by atoms with E-state index in [-0.39, 0.29) is 5.97 Å². The lowest BCUT2D eigenvalue weighted by Gasteiger charge is -1.96. The van der Waals surface area contributed by atoms with Crippen LogP contribution in [0.25, 0.3) is 5.53 Å². The van der Waals surface area contributed by atoms with Crippen molar-refractivity contribution >= 4 is 17.8 Å². The number of nitrogens with zero attached hydrogens (tertiary/aromatic N) is 2. The summed E-state index contributed by atoms with van der Waals surface area (Å²) in [4.78, 5) is 21.2. The second kappa shape index (κ2) is 13.0. The van der Waals surface area contributed by atoms with Crippen LogP contribution in [0, 0.1) is 0 Å². The summed E-state index contributed by atoms with van der Waals surface area (Å²) in [6.45, 7) is 4.06. The van der Waals surface area contributed by atoms with Gasteiger partial charge in [-0.15, -0.1) is 0 Å². The highest BCUT2D eigenvalue weighted by Gasteiger charge is 1.88. The predicted octanol–water partition coefficient (Wildman–Crippen LogP) is 0.623. The number of rotatable bonds is 3. The molecule has 5 nitrogen and oxygen atoms in total. The van der Waals surface area contributed by atoms with Crippen molar-refractivity contribution in [1.29, 1.82) is 0 Å². The molecule has 0 aromatic carbocycles.